The summed E-state index contributed by atoms with van der Waals surface area (Å²) in [6.45, 7) is 3.25. The summed E-state index contributed by atoms with van der Waals surface area (Å²) in [5.74, 6) is 1.23. The van der Waals surface area contributed by atoms with Crippen LogP contribution in [0.1, 0.15) is 24.0 Å². The molecule has 1 aromatic carbocycles. The van der Waals surface area contributed by atoms with Gasteiger partial charge in [0.25, 0.3) is 0 Å². The molecule has 2 aliphatic rings. The quantitative estimate of drug-likeness (QED) is 0.589. The van der Waals surface area contributed by atoms with E-state index in [9.17, 15) is 0 Å². The maximum absolute atomic E-state index is 8.60. The number of likely N-dealkylation sites (tertiary alicyclic amines) is 1. The van der Waals surface area contributed by atoms with Crippen molar-refractivity contribution in [3.63, 3.8) is 0 Å². The molecule has 1 fully saturated rings. The molecular weight excluding hydrogens is 272 g/mol. The molecule has 3 rings (SSSR count). The van der Waals surface area contributed by atoms with Crippen LogP contribution in [0.5, 0.6) is 0 Å². The van der Waals surface area contributed by atoms with Gasteiger partial charge in [-0.3, -0.25) is 4.99 Å². The third-order valence-corrected chi connectivity index (χ3v) is 3.06. The SMILES string of the molecule is [O-][Cl+3]([O-])([O-])O.c1ccc2c(c1)CN=C2N1CCCC1. The number of amidine groups is 1. The van der Waals surface area contributed by atoms with E-state index in [4.69, 9.17) is 18.6 Å². The van der Waals surface area contributed by atoms with E-state index in [2.05, 4.69) is 34.2 Å². The first-order valence-corrected chi connectivity index (χ1v) is 7.22. The van der Waals surface area contributed by atoms with Gasteiger partial charge < -0.3 is 4.90 Å². The van der Waals surface area contributed by atoms with Crippen molar-refractivity contribution in [3.05, 3.63) is 35.4 Å². The highest BCUT2D eigenvalue weighted by Crippen LogP contribution is 2.22. The number of fused-ring (bicyclic) bond motifs is 1. The lowest BCUT2D eigenvalue weighted by molar-refractivity contribution is -1.92. The molecule has 0 atom stereocenters. The Morgan fingerprint density at radius 3 is 2.32 bits per heavy atom. The molecule has 2 aliphatic heterocycles. The molecule has 0 aliphatic carbocycles. The maximum Gasteiger partial charge on any atom is 0.131 e. The van der Waals surface area contributed by atoms with E-state index in [0.717, 1.165) is 6.54 Å². The minimum atomic E-state index is -4.69. The fourth-order valence-electron chi connectivity index (χ4n) is 2.32. The van der Waals surface area contributed by atoms with Crippen molar-refractivity contribution in [2.24, 2.45) is 4.99 Å². The van der Waals surface area contributed by atoms with Gasteiger partial charge in [-0.05, 0) is 18.4 Å². The van der Waals surface area contributed by atoms with Crippen molar-refractivity contribution < 1.29 is 28.9 Å². The minimum absolute atomic E-state index is 0.877. The van der Waals surface area contributed by atoms with E-state index in [-0.39, 0.29) is 0 Å². The second-order valence-corrected chi connectivity index (χ2v) is 5.18. The molecule has 104 valence electrons. The van der Waals surface area contributed by atoms with E-state index >= 15 is 0 Å². The Kier molecular flexibility index (Phi) is 4.38. The molecule has 6 nitrogen and oxygen atoms in total. The van der Waals surface area contributed by atoms with Crippen LogP contribution in [0.4, 0.5) is 0 Å². The Morgan fingerprint density at radius 2 is 1.68 bits per heavy atom. The number of halogens is 1. The molecule has 0 spiro atoms. The van der Waals surface area contributed by atoms with Crippen LogP contribution in [0.2, 0.25) is 0 Å². The summed E-state index contributed by atoms with van der Waals surface area (Å²) in [6.07, 6.45) is 2.64. The number of hydrogen-bond donors (Lipinski definition) is 1. The lowest BCUT2D eigenvalue weighted by Gasteiger charge is -2.17. The fraction of sp³-hybridized carbons (Fsp3) is 0.417. The summed E-state index contributed by atoms with van der Waals surface area (Å²) in [5, 5.41) is 0. The molecule has 7 heteroatoms. The molecular formula is C12H15ClN2O4. The Hall–Kier alpha value is -1.18. The van der Waals surface area contributed by atoms with Crippen LogP contribution in [-0.4, -0.2) is 28.5 Å². The first-order valence-electron chi connectivity index (χ1n) is 5.96. The number of rotatable bonds is 0. The van der Waals surface area contributed by atoms with Crippen molar-refractivity contribution in [2.45, 2.75) is 19.4 Å². The van der Waals surface area contributed by atoms with Gasteiger partial charge in [-0.15, -0.1) is 0 Å². The molecule has 19 heavy (non-hydrogen) atoms. The summed E-state index contributed by atoms with van der Waals surface area (Å²) in [6, 6.07) is 8.58. The minimum Gasteiger partial charge on any atom is -0.356 e. The summed E-state index contributed by atoms with van der Waals surface area (Å²) < 4.78 is 32.7. The number of hydrogen-bond acceptors (Lipinski definition) is 6. The molecule has 0 amide bonds. The molecule has 1 N–H and O–H groups in total. The van der Waals surface area contributed by atoms with Gasteiger partial charge >= 0.3 is 0 Å². The monoisotopic (exact) mass is 286 g/mol. The van der Waals surface area contributed by atoms with Crippen molar-refractivity contribution in [3.8, 4) is 0 Å². The summed E-state index contributed by atoms with van der Waals surface area (Å²) in [4.78, 5) is 7.05. The first-order chi connectivity index (χ1) is 8.95. The normalized spacial score (nSPS) is 17.7. The zero-order valence-corrected chi connectivity index (χ0v) is 11.0. The second kappa shape index (κ2) is 5.85. The fourth-order valence-corrected chi connectivity index (χ4v) is 2.32. The average Bonchev–Trinajstić information content (AvgIpc) is 2.95. The molecule has 0 unspecified atom stereocenters. The van der Waals surface area contributed by atoms with Crippen LogP contribution in [0.3, 0.4) is 0 Å². The summed E-state index contributed by atoms with van der Waals surface area (Å²) in [7, 11) is -4.69. The van der Waals surface area contributed by atoms with Crippen molar-refractivity contribution >= 4 is 5.84 Å². The first kappa shape index (κ1) is 14.2. The van der Waals surface area contributed by atoms with Crippen molar-refractivity contribution in [1.29, 1.82) is 0 Å². The molecule has 1 saturated heterocycles. The van der Waals surface area contributed by atoms with Gasteiger partial charge in [0, 0.05) is 18.7 Å². The van der Waals surface area contributed by atoms with Crippen LogP contribution >= 0.6 is 0 Å². The highest BCUT2D eigenvalue weighted by Gasteiger charge is 2.22. The highest BCUT2D eigenvalue weighted by atomic mass is 35.7. The van der Waals surface area contributed by atoms with Crippen molar-refractivity contribution in [1.82, 2.24) is 4.90 Å². The molecule has 0 aromatic heterocycles. The van der Waals surface area contributed by atoms with E-state index in [0.29, 0.717) is 0 Å². The van der Waals surface area contributed by atoms with Gasteiger partial charge in [-0.2, -0.15) is 14.0 Å². The Labute approximate surface area is 113 Å². The van der Waals surface area contributed by atoms with Gasteiger partial charge in [0.1, 0.15) is 5.84 Å². The lowest BCUT2D eigenvalue weighted by Crippen LogP contribution is -2.58. The third-order valence-electron chi connectivity index (χ3n) is 3.06. The van der Waals surface area contributed by atoms with E-state index in [1.807, 2.05) is 0 Å². The molecule has 0 bridgehead atoms. The smallest absolute Gasteiger partial charge is 0.131 e. The summed E-state index contributed by atoms with van der Waals surface area (Å²) >= 11 is 0. The van der Waals surface area contributed by atoms with Crippen LogP contribution in [0.25, 0.3) is 0 Å². The van der Waals surface area contributed by atoms with Crippen LogP contribution < -0.4 is 14.0 Å². The number of aliphatic imine (C=N–C) groups is 1. The van der Waals surface area contributed by atoms with Crippen LogP contribution in [0.15, 0.2) is 29.3 Å². The van der Waals surface area contributed by atoms with E-state index in [1.165, 1.54) is 42.9 Å². The third kappa shape index (κ3) is 4.15. The van der Waals surface area contributed by atoms with E-state index < -0.39 is 10.2 Å². The highest BCUT2D eigenvalue weighted by molar-refractivity contribution is 6.02. The summed E-state index contributed by atoms with van der Waals surface area (Å²) in [5.41, 5.74) is 2.74. The van der Waals surface area contributed by atoms with Gasteiger partial charge in [0.2, 0.25) is 0 Å². The Morgan fingerprint density at radius 1 is 1.11 bits per heavy atom. The Bertz CT molecular complexity index is 461. The predicted octanol–water partition coefficient (Wildman–Crippen LogP) is -2.08. The van der Waals surface area contributed by atoms with Gasteiger partial charge in [0.15, 0.2) is 0 Å². The molecule has 2 heterocycles. The van der Waals surface area contributed by atoms with Crippen molar-refractivity contribution in [2.75, 3.05) is 13.1 Å². The largest absolute Gasteiger partial charge is 0.356 e. The number of benzene rings is 1. The van der Waals surface area contributed by atoms with Crippen LogP contribution in [-0.2, 0) is 6.54 Å². The van der Waals surface area contributed by atoms with Crippen LogP contribution in [0, 0.1) is 10.2 Å². The zero-order valence-electron chi connectivity index (χ0n) is 10.3. The van der Waals surface area contributed by atoms with Gasteiger partial charge in [-0.1, -0.05) is 24.3 Å². The standard InChI is InChI=1S/C12H14N2.ClHO4/c1-2-6-11-10(5-1)9-13-12(11)14-7-3-4-8-14;2-1(3,4)5/h1-2,5-6H,3-4,7-9H2;(H,2,3,4,5). The van der Waals surface area contributed by atoms with E-state index in [1.54, 1.807) is 0 Å². The second-order valence-electron chi connectivity index (χ2n) is 4.39. The molecule has 1 aromatic rings. The lowest BCUT2D eigenvalue weighted by atomic mass is 10.1. The number of nitrogens with zero attached hydrogens (tertiary/aromatic N) is 2. The Balaban J connectivity index is 0.000000232. The van der Waals surface area contributed by atoms with Gasteiger partial charge in [0.05, 0.1) is 21.4 Å². The molecule has 0 radical (unpaired) electrons. The molecule has 0 saturated carbocycles. The maximum atomic E-state index is 8.60. The zero-order chi connectivity index (χ0) is 13.9. The predicted molar refractivity (Wildman–Crippen MR) is 59.7 cm³/mol. The van der Waals surface area contributed by atoms with Gasteiger partial charge in [-0.25, -0.2) is 0 Å². The topological polar surface area (TPSA) is 105 Å². The average molecular weight is 287 g/mol.